The Hall–Kier alpha value is -2.53. The second-order valence-corrected chi connectivity index (χ2v) is 10.8. The Labute approximate surface area is 202 Å². The summed E-state index contributed by atoms with van der Waals surface area (Å²) in [6, 6.07) is 1.01. The van der Waals surface area contributed by atoms with E-state index < -0.39 is 22.4 Å². The molecule has 2 aliphatic heterocycles. The van der Waals surface area contributed by atoms with Crippen molar-refractivity contribution in [3.8, 4) is 10.6 Å². The number of thiazole rings is 1. The van der Waals surface area contributed by atoms with E-state index in [1.807, 2.05) is 20.8 Å². The Morgan fingerprint density at radius 1 is 1.24 bits per heavy atom. The van der Waals surface area contributed by atoms with E-state index >= 15 is 0 Å². The van der Waals surface area contributed by atoms with Gasteiger partial charge in [-0.05, 0) is 39.7 Å². The van der Waals surface area contributed by atoms with Gasteiger partial charge in [-0.1, -0.05) is 11.6 Å². The van der Waals surface area contributed by atoms with Gasteiger partial charge < -0.3 is 14.1 Å². The van der Waals surface area contributed by atoms with Crippen molar-refractivity contribution in [1.29, 1.82) is 0 Å². The van der Waals surface area contributed by atoms with Gasteiger partial charge in [0, 0.05) is 24.7 Å². The fraction of sp³-hybridized carbons (Fsp3) is 0.500. The minimum absolute atomic E-state index is 0.0106. The van der Waals surface area contributed by atoms with Crippen molar-refractivity contribution in [2.75, 3.05) is 18.0 Å². The van der Waals surface area contributed by atoms with Crippen LogP contribution < -0.4 is 4.90 Å². The van der Waals surface area contributed by atoms with E-state index in [1.165, 1.54) is 17.4 Å². The number of carbonyl (C=O) groups excluding carboxylic acids is 1. The molecule has 1 aromatic carbocycles. The van der Waals surface area contributed by atoms with Crippen LogP contribution in [-0.4, -0.2) is 51.7 Å². The maximum absolute atomic E-state index is 13.9. The Kier molecular flexibility index (Phi) is 5.47. The van der Waals surface area contributed by atoms with Crippen molar-refractivity contribution in [3.63, 3.8) is 0 Å². The first-order valence-electron chi connectivity index (χ1n) is 10.8. The van der Waals surface area contributed by atoms with E-state index in [0.29, 0.717) is 23.7 Å². The minimum Gasteiger partial charge on any atom is -0.444 e. The molecule has 2 aliphatic rings. The molecule has 0 spiro atoms. The zero-order valence-electron chi connectivity index (χ0n) is 18.6. The summed E-state index contributed by atoms with van der Waals surface area (Å²) in [5, 5.41) is 1.75. The molecule has 2 atom stereocenters. The van der Waals surface area contributed by atoms with Crippen LogP contribution in [0.1, 0.15) is 39.2 Å². The highest BCUT2D eigenvalue weighted by atomic mass is 35.5. The van der Waals surface area contributed by atoms with Gasteiger partial charge in [0.25, 0.3) is 6.01 Å². The smallest absolute Gasteiger partial charge is 0.420 e. The highest BCUT2D eigenvalue weighted by Crippen LogP contribution is 2.45. The van der Waals surface area contributed by atoms with Crippen molar-refractivity contribution >= 4 is 46.1 Å². The van der Waals surface area contributed by atoms with E-state index in [2.05, 4.69) is 9.97 Å². The number of fused-ring (bicyclic) bond motifs is 3. The predicted octanol–water partition coefficient (Wildman–Crippen LogP) is 6.21. The standard InChI is InChI=1S/C22H22ClF3N4O3S/c1-21(2,3)33-20(31)30-11-4-5-12(30)10-29(9-11)19-28-16-15(22(24,25)26)14(23)8-13(17(16)32-19)18-27-6-7-34-18/h6-8,11-12H,4-5,9-10H2,1-3H3. The van der Waals surface area contributed by atoms with Crippen LogP contribution in [0.4, 0.5) is 24.0 Å². The van der Waals surface area contributed by atoms with Crippen LogP contribution in [0.25, 0.3) is 21.7 Å². The fourth-order valence-electron chi connectivity index (χ4n) is 4.63. The number of hydrogen-bond acceptors (Lipinski definition) is 7. The van der Waals surface area contributed by atoms with Crippen molar-refractivity contribution < 1.29 is 27.1 Å². The summed E-state index contributed by atoms with van der Waals surface area (Å²) in [6.45, 7) is 6.19. The molecule has 2 unspecified atom stereocenters. The first-order chi connectivity index (χ1) is 15.9. The minimum atomic E-state index is -4.71. The van der Waals surface area contributed by atoms with Gasteiger partial charge >= 0.3 is 12.3 Å². The highest BCUT2D eigenvalue weighted by molar-refractivity contribution is 7.13. The quantitative estimate of drug-likeness (QED) is 0.405. The van der Waals surface area contributed by atoms with Crippen LogP contribution >= 0.6 is 22.9 Å². The number of piperazine rings is 1. The number of ether oxygens (including phenoxy) is 1. The number of carbonyl (C=O) groups is 1. The van der Waals surface area contributed by atoms with Crippen LogP contribution in [0, 0.1) is 0 Å². The highest BCUT2D eigenvalue weighted by Gasteiger charge is 2.46. The molecule has 2 aromatic heterocycles. The summed E-state index contributed by atoms with van der Waals surface area (Å²) in [5.74, 6) is 0. The molecule has 4 heterocycles. The molecule has 12 heteroatoms. The molecule has 7 nitrogen and oxygen atoms in total. The summed E-state index contributed by atoms with van der Waals surface area (Å²) in [7, 11) is 0. The molecule has 0 saturated carbocycles. The molecule has 2 saturated heterocycles. The summed E-state index contributed by atoms with van der Waals surface area (Å²) >= 11 is 7.34. The predicted molar refractivity (Wildman–Crippen MR) is 122 cm³/mol. The lowest BCUT2D eigenvalue weighted by atomic mass is 10.1. The van der Waals surface area contributed by atoms with E-state index in [4.69, 9.17) is 20.8 Å². The summed E-state index contributed by atoms with van der Waals surface area (Å²) in [4.78, 5) is 24.7. The lowest BCUT2D eigenvalue weighted by Crippen LogP contribution is -2.56. The van der Waals surface area contributed by atoms with Crippen molar-refractivity contribution in [1.82, 2.24) is 14.9 Å². The third-order valence-electron chi connectivity index (χ3n) is 5.91. The van der Waals surface area contributed by atoms with Gasteiger partial charge in [0.2, 0.25) is 0 Å². The topological polar surface area (TPSA) is 71.7 Å². The van der Waals surface area contributed by atoms with Crippen LogP contribution in [0.2, 0.25) is 5.02 Å². The molecule has 182 valence electrons. The maximum atomic E-state index is 13.9. The Bertz CT molecular complexity index is 1220. The molecule has 34 heavy (non-hydrogen) atoms. The van der Waals surface area contributed by atoms with Crippen LogP contribution in [0.3, 0.4) is 0 Å². The molecular weight excluding hydrogens is 493 g/mol. The van der Waals surface area contributed by atoms with E-state index in [-0.39, 0.29) is 35.3 Å². The van der Waals surface area contributed by atoms with Gasteiger partial charge in [-0.25, -0.2) is 9.78 Å². The third kappa shape index (κ3) is 4.08. The zero-order chi connectivity index (χ0) is 24.4. The van der Waals surface area contributed by atoms with Gasteiger partial charge in [-0.2, -0.15) is 18.2 Å². The molecule has 2 fully saturated rings. The summed E-state index contributed by atoms with van der Waals surface area (Å²) < 4.78 is 53.1. The number of amides is 1. The molecule has 0 radical (unpaired) electrons. The average molecular weight is 515 g/mol. The lowest BCUT2D eigenvalue weighted by Gasteiger charge is -2.40. The molecule has 1 amide bonds. The molecule has 0 N–H and O–H groups in total. The monoisotopic (exact) mass is 514 g/mol. The van der Waals surface area contributed by atoms with Gasteiger partial charge in [0.05, 0.1) is 22.7 Å². The summed E-state index contributed by atoms with van der Waals surface area (Å²) in [6.07, 6.45) is -1.99. The van der Waals surface area contributed by atoms with Crippen molar-refractivity contribution in [2.24, 2.45) is 0 Å². The summed E-state index contributed by atoms with van der Waals surface area (Å²) in [5.41, 5.74) is -1.65. The Morgan fingerprint density at radius 2 is 1.91 bits per heavy atom. The number of rotatable bonds is 2. The SMILES string of the molecule is CC(C)(C)OC(=O)N1C2CCC1CN(c1nc3c(C(F)(F)F)c(Cl)cc(-c4nccs4)c3o1)C2. The number of oxazole rings is 1. The number of halogens is 4. The molecule has 0 aliphatic carbocycles. The Morgan fingerprint density at radius 3 is 2.47 bits per heavy atom. The van der Waals surface area contributed by atoms with Gasteiger partial charge in [-0.15, -0.1) is 11.3 Å². The number of benzene rings is 1. The Balaban J connectivity index is 1.52. The first kappa shape index (κ1) is 23.2. The number of alkyl halides is 3. The normalized spacial score (nSPS) is 20.9. The molecule has 3 aromatic rings. The van der Waals surface area contributed by atoms with Gasteiger partial charge in [0.1, 0.15) is 21.7 Å². The van der Waals surface area contributed by atoms with E-state index in [9.17, 15) is 18.0 Å². The number of nitrogens with zero attached hydrogens (tertiary/aromatic N) is 4. The van der Waals surface area contributed by atoms with Crippen LogP contribution in [-0.2, 0) is 10.9 Å². The van der Waals surface area contributed by atoms with Gasteiger partial charge in [0.15, 0.2) is 5.58 Å². The number of hydrogen-bond donors (Lipinski definition) is 0. The van der Waals surface area contributed by atoms with E-state index in [1.54, 1.807) is 21.4 Å². The fourth-order valence-corrected chi connectivity index (χ4v) is 5.59. The van der Waals surface area contributed by atoms with E-state index in [0.717, 1.165) is 12.8 Å². The van der Waals surface area contributed by atoms with Crippen molar-refractivity contribution in [2.45, 2.75) is 57.5 Å². The zero-order valence-corrected chi connectivity index (χ0v) is 20.2. The molecule has 2 bridgehead atoms. The molecule has 5 rings (SSSR count). The molecular formula is C22H22ClF3N4O3S. The van der Waals surface area contributed by atoms with Gasteiger partial charge in [-0.3, -0.25) is 4.90 Å². The number of anilines is 1. The lowest BCUT2D eigenvalue weighted by molar-refractivity contribution is -0.136. The largest absolute Gasteiger partial charge is 0.444 e. The van der Waals surface area contributed by atoms with Crippen LogP contribution in [0.15, 0.2) is 22.1 Å². The van der Waals surface area contributed by atoms with Crippen LogP contribution in [0.5, 0.6) is 0 Å². The van der Waals surface area contributed by atoms with Crippen molar-refractivity contribution in [3.05, 3.63) is 28.2 Å². The first-order valence-corrected chi connectivity index (χ1v) is 12.0. The number of aromatic nitrogens is 2. The third-order valence-corrected chi connectivity index (χ3v) is 7.01. The average Bonchev–Trinajstić information content (AvgIpc) is 3.43. The second-order valence-electron chi connectivity index (χ2n) is 9.47. The maximum Gasteiger partial charge on any atom is 0.420 e. The second kappa shape index (κ2) is 8.01.